The summed E-state index contributed by atoms with van der Waals surface area (Å²) in [6, 6.07) is 7.07. The second-order valence-corrected chi connectivity index (χ2v) is 5.47. The number of carbonyl (C=O) groups excluding carboxylic acids is 2. The molecule has 2 rings (SSSR count). The van der Waals surface area contributed by atoms with Crippen LogP contribution in [0.5, 0.6) is 5.75 Å². The van der Waals surface area contributed by atoms with Gasteiger partial charge in [0.2, 0.25) is 5.88 Å². The van der Waals surface area contributed by atoms with E-state index in [9.17, 15) is 9.59 Å². The zero-order chi connectivity index (χ0) is 19.3. The number of ether oxygens (including phenoxy) is 4. The Labute approximate surface area is 152 Å². The number of nitrogens with two attached hydrogens (primary N) is 1. The van der Waals surface area contributed by atoms with E-state index in [1.54, 1.807) is 45.0 Å². The molecule has 1 aliphatic heterocycles. The molecule has 0 saturated carbocycles. The van der Waals surface area contributed by atoms with Crippen LogP contribution in [0.2, 0.25) is 0 Å². The fraction of sp³-hybridized carbons (Fsp3) is 0.368. The Balaban J connectivity index is 2.69. The highest BCUT2D eigenvalue weighted by Crippen LogP contribution is 2.43. The topological polar surface area (TPSA) is 97.1 Å². The molecule has 7 heteroatoms. The van der Waals surface area contributed by atoms with Crippen molar-refractivity contribution in [2.75, 3.05) is 20.3 Å². The van der Waals surface area contributed by atoms with Crippen LogP contribution in [0.4, 0.5) is 0 Å². The standard InChI is InChI=1S/C19H23NO6/c1-5-24-18(21)14-11(3)26-17(20)16(19(22)25-6-2)15(14)12-9-7-8-10-13(12)23-4/h7-10,15H,5-6,20H2,1-4H3. The Morgan fingerprint density at radius 1 is 1.08 bits per heavy atom. The molecule has 2 N–H and O–H groups in total. The number of hydrogen-bond donors (Lipinski definition) is 1. The zero-order valence-electron chi connectivity index (χ0n) is 15.3. The number of carbonyl (C=O) groups is 2. The van der Waals surface area contributed by atoms with Crippen molar-refractivity contribution in [3.63, 3.8) is 0 Å². The minimum absolute atomic E-state index is 0.0463. The highest BCUT2D eigenvalue weighted by Gasteiger charge is 2.41. The summed E-state index contributed by atoms with van der Waals surface area (Å²) in [5.41, 5.74) is 6.81. The lowest BCUT2D eigenvalue weighted by atomic mass is 9.82. The van der Waals surface area contributed by atoms with Gasteiger partial charge in [-0.05, 0) is 26.8 Å². The molecule has 0 saturated heterocycles. The lowest BCUT2D eigenvalue weighted by Crippen LogP contribution is -2.30. The van der Waals surface area contributed by atoms with Crippen LogP contribution in [-0.4, -0.2) is 32.3 Å². The number of para-hydroxylation sites is 1. The van der Waals surface area contributed by atoms with Crippen LogP contribution >= 0.6 is 0 Å². The summed E-state index contributed by atoms with van der Waals surface area (Å²) in [6.07, 6.45) is 0. The summed E-state index contributed by atoms with van der Waals surface area (Å²) in [5, 5.41) is 0. The number of hydrogen-bond acceptors (Lipinski definition) is 7. The van der Waals surface area contributed by atoms with Gasteiger partial charge in [-0.25, -0.2) is 9.59 Å². The molecule has 7 nitrogen and oxygen atoms in total. The average Bonchev–Trinajstić information content (AvgIpc) is 2.61. The van der Waals surface area contributed by atoms with Crippen LogP contribution in [0.1, 0.15) is 32.3 Å². The van der Waals surface area contributed by atoms with Gasteiger partial charge in [-0.3, -0.25) is 0 Å². The minimum atomic E-state index is -0.821. The van der Waals surface area contributed by atoms with Crippen molar-refractivity contribution in [2.45, 2.75) is 26.7 Å². The predicted octanol–water partition coefficient (Wildman–Crippen LogP) is 2.38. The first-order valence-corrected chi connectivity index (χ1v) is 8.31. The molecule has 1 unspecified atom stereocenters. The second-order valence-electron chi connectivity index (χ2n) is 5.47. The van der Waals surface area contributed by atoms with E-state index in [2.05, 4.69) is 0 Å². The van der Waals surface area contributed by atoms with Crippen LogP contribution in [-0.2, 0) is 23.8 Å². The van der Waals surface area contributed by atoms with E-state index in [0.717, 1.165) is 0 Å². The van der Waals surface area contributed by atoms with Gasteiger partial charge in [0.1, 0.15) is 17.1 Å². The molecule has 26 heavy (non-hydrogen) atoms. The average molecular weight is 361 g/mol. The van der Waals surface area contributed by atoms with E-state index in [0.29, 0.717) is 11.3 Å². The fourth-order valence-corrected chi connectivity index (χ4v) is 2.88. The van der Waals surface area contributed by atoms with Gasteiger partial charge in [-0.1, -0.05) is 18.2 Å². The van der Waals surface area contributed by atoms with Crippen molar-refractivity contribution < 1.29 is 28.5 Å². The third kappa shape index (κ3) is 3.66. The van der Waals surface area contributed by atoms with E-state index in [-0.39, 0.29) is 36.0 Å². The molecular weight excluding hydrogens is 338 g/mol. The van der Waals surface area contributed by atoms with Crippen molar-refractivity contribution in [1.82, 2.24) is 0 Å². The van der Waals surface area contributed by atoms with Gasteiger partial charge >= 0.3 is 11.9 Å². The molecule has 0 aromatic heterocycles. The molecule has 1 atom stereocenters. The summed E-state index contributed by atoms with van der Waals surface area (Å²) < 4.78 is 21.2. The maximum Gasteiger partial charge on any atom is 0.340 e. The SMILES string of the molecule is CCOC(=O)C1=C(C)OC(N)=C(C(=O)OCC)C1c1ccccc1OC. The van der Waals surface area contributed by atoms with E-state index >= 15 is 0 Å². The summed E-state index contributed by atoms with van der Waals surface area (Å²) in [6.45, 7) is 5.33. The fourth-order valence-electron chi connectivity index (χ4n) is 2.88. The predicted molar refractivity (Wildman–Crippen MR) is 94.0 cm³/mol. The third-order valence-electron chi connectivity index (χ3n) is 3.93. The van der Waals surface area contributed by atoms with Gasteiger partial charge in [0, 0.05) is 5.56 Å². The van der Waals surface area contributed by atoms with Crippen molar-refractivity contribution in [3.05, 3.63) is 52.6 Å². The van der Waals surface area contributed by atoms with Crippen LogP contribution < -0.4 is 10.5 Å². The van der Waals surface area contributed by atoms with E-state index in [1.807, 2.05) is 0 Å². The van der Waals surface area contributed by atoms with Crippen molar-refractivity contribution >= 4 is 11.9 Å². The largest absolute Gasteiger partial charge is 0.496 e. The number of esters is 2. The Morgan fingerprint density at radius 2 is 1.65 bits per heavy atom. The molecule has 0 spiro atoms. The summed E-state index contributed by atoms with van der Waals surface area (Å²) in [5.74, 6) is -1.40. The highest BCUT2D eigenvalue weighted by atomic mass is 16.5. The number of methoxy groups -OCH3 is 1. The number of rotatable bonds is 6. The van der Waals surface area contributed by atoms with Crippen LogP contribution in [0, 0.1) is 0 Å². The molecule has 1 aromatic rings. The molecule has 1 aliphatic rings. The Hall–Kier alpha value is -2.96. The summed E-state index contributed by atoms with van der Waals surface area (Å²) in [4.78, 5) is 25.2. The first-order valence-electron chi connectivity index (χ1n) is 8.31. The second kappa shape index (κ2) is 8.42. The normalized spacial score (nSPS) is 16.8. The molecule has 0 amide bonds. The molecule has 1 aromatic carbocycles. The molecule has 0 aliphatic carbocycles. The Morgan fingerprint density at radius 3 is 2.23 bits per heavy atom. The first kappa shape index (κ1) is 19.4. The third-order valence-corrected chi connectivity index (χ3v) is 3.93. The maximum absolute atomic E-state index is 12.6. The molecule has 0 bridgehead atoms. The Bertz CT molecular complexity index is 725. The van der Waals surface area contributed by atoms with Crippen molar-refractivity contribution in [3.8, 4) is 5.75 Å². The number of benzene rings is 1. The van der Waals surface area contributed by atoms with Crippen LogP contribution in [0.25, 0.3) is 0 Å². The maximum atomic E-state index is 12.6. The minimum Gasteiger partial charge on any atom is -0.496 e. The van der Waals surface area contributed by atoms with E-state index < -0.39 is 17.9 Å². The zero-order valence-corrected chi connectivity index (χ0v) is 15.3. The molecule has 1 heterocycles. The van der Waals surface area contributed by atoms with Gasteiger partial charge in [0.25, 0.3) is 0 Å². The molecule has 0 fully saturated rings. The van der Waals surface area contributed by atoms with Crippen LogP contribution in [0.3, 0.4) is 0 Å². The van der Waals surface area contributed by atoms with Gasteiger partial charge < -0.3 is 24.7 Å². The Kier molecular flexibility index (Phi) is 6.27. The smallest absolute Gasteiger partial charge is 0.340 e. The molecular formula is C19H23NO6. The van der Waals surface area contributed by atoms with E-state index in [1.165, 1.54) is 7.11 Å². The van der Waals surface area contributed by atoms with Gasteiger partial charge in [0.05, 0.1) is 31.8 Å². The van der Waals surface area contributed by atoms with Crippen molar-refractivity contribution in [1.29, 1.82) is 0 Å². The quantitative estimate of drug-likeness (QED) is 0.777. The first-order chi connectivity index (χ1) is 12.5. The van der Waals surface area contributed by atoms with Crippen molar-refractivity contribution in [2.24, 2.45) is 5.73 Å². The van der Waals surface area contributed by atoms with Gasteiger partial charge in [-0.15, -0.1) is 0 Å². The highest BCUT2D eigenvalue weighted by molar-refractivity contribution is 5.99. The lowest BCUT2D eigenvalue weighted by molar-refractivity contribution is -0.140. The summed E-state index contributed by atoms with van der Waals surface area (Å²) >= 11 is 0. The number of allylic oxidation sites excluding steroid dienone is 1. The monoisotopic (exact) mass is 361 g/mol. The lowest BCUT2D eigenvalue weighted by Gasteiger charge is -2.29. The van der Waals surface area contributed by atoms with Crippen LogP contribution in [0.15, 0.2) is 47.1 Å². The van der Waals surface area contributed by atoms with Gasteiger partial charge in [0.15, 0.2) is 0 Å². The van der Waals surface area contributed by atoms with E-state index in [4.69, 9.17) is 24.7 Å². The summed E-state index contributed by atoms with van der Waals surface area (Å²) in [7, 11) is 1.51. The molecule has 140 valence electrons. The van der Waals surface area contributed by atoms with Gasteiger partial charge in [-0.2, -0.15) is 0 Å². The molecule has 0 radical (unpaired) electrons.